The van der Waals surface area contributed by atoms with Gasteiger partial charge in [-0.25, -0.2) is 9.59 Å². The third-order valence-corrected chi connectivity index (χ3v) is 2.78. The zero-order chi connectivity index (χ0) is 14.3. The van der Waals surface area contributed by atoms with Crippen LogP contribution in [0.1, 0.15) is 5.56 Å². The van der Waals surface area contributed by atoms with E-state index < -0.39 is 31.1 Å². The van der Waals surface area contributed by atoms with Gasteiger partial charge in [0.1, 0.15) is 13.2 Å². The Morgan fingerprint density at radius 3 is 2.74 bits per heavy atom. The molecule has 1 aromatic rings. The molecular formula is C11H14N2O5S. The van der Waals surface area contributed by atoms with Gasteiger partial charge in [-0.2, -0.15) is 11.3 Å². The monoisotopic (exact) mass is 286 g/mol. The van der Waals surface area contributed by atoms with Crippen LogP contribution in [0, 0.1) is 0 Å². The van der Waals surface area contributed by atoms with Crippen LogP contribution < -0.4 is 5.32 Å². The standard InChI is InChI=1S/C11H14N2O5S/c1-13(4-8-2-3-19-7-8)11(17)12-9(14)5-18-6-10(15)16/h2-3,7H,4-6H2,1H3,(H,15,16)(H,12,14,17). The van der Waals surface area contributed by atoms with Crippen LogP contribution in [0.15, 0.2) is 16.8 Å². The highest BCUT2D eigenvalue weighted by Crippen LogP contribution is 2.08. The zero-order valence-corrected chi connectivity index (χ0v) is 11.1. The molecule has 1 aromatic heterocycles. The molecular weight excluding hydrogens is 272 g/mol. The second-order valence-electron chi connectivity index (χ2n) is 3.73. The van der Waals surface area contributed by atoms with Gasteiger partial charge in [-0.05, 0) is 22.4 Å². The van der Waals surface area contributed by atoms with E-state index in [1.807, 2.05) is 16.8 Å². The van der Waals surface area contributed by atoms with Gasteiger partial charge in [-0.3, -0.25) is 10.1 Å². The topological polar surface area (TPSA) is 95.9 Å². The van der Waals surface area contributed by atoms with E-state index in [1.165, 1.54) is 16.2 Å². The number of imide groups is 1. The Kier molecular flexibility index (Phi) is 5.97. The van der Waals surface area contributed by atoms with Crippen LogP contribution in [0.5, 0.6) is 0 Å². The molecule has 0 aliphatic heterocycles. The van der Waals surface area contributed by atoms with Crippen molar-refractivity contribution < 1.29 is 24.2 Å². The summed E-state index contributed by atoms with van der Waals surface area (Å²) in [5.41, 5.74) is 0.970. The van der Waals surface area contributed by atoms with E-state index in [0.717, 1.165) is 5.56 Å². The van der Waals surface area contributed by atoms with Gasteiger partial charge >= 0.3 is 12.0 Å². The van der Waals surface area contributed by atoms with Crippen molar-refractivity contribution in [1.29, 1.82) is 0 Å². The van der Waals surface area contributed by atoms with E-state index in [1.54, 1.807) is 7.05 Å². The lowest BCUT2D eigenvalue weighted by atomic mass is 10.3. The molecule has 104 valence electrons. The van der Waals surface area contributed by atoms with Crippen molar-refractivity contribution in [1.82, 2.24) is 10.2 Å². The van der Waals surface area contributed by atoms with Crippen LogP contribution in [0.2, 0.25) is 0 Å². The molecule has 0 aromatic carbocycles. The van der Waals surface area contributed by atoms with Crippen molar-refractivity contribution in [2.45, 2.75) is 6.54 Å². The number of ether oxygens (including phenoxy) is 1. The molecule has 0 spiro atoms. The van der Waals surface area contributed by atoms with Crippen LogP contribution in [-0.4, -0.2) is 48.2 Å². The maximum absolute atomic E-state index is 11.6. The normalized spacial score (nSPS) is 9.95. The molecule has 1 heterocycles. The number of rotatable bonds is 6. The number of carboxylic acid groups (broad SMARTS) is 1. The van der Waals surface area contributed by atoms with Crippen LogP contribution >= 0.6 is 11.3 Å². The van der Waals surface area contributed by atoms with Crippen LogP contribution in [0.3, 0.4) is 0 Å². The molecule has 0 saturated heterocycles. The lowest BCUT2D eigenvalue weighted by Gasteiger charge is -2.16. The molecule has 0 atom stereocenters. The quantitative estimate of drug-likeness (QED) is 0.794. The SMILES string of the molecule is CN(Cc1ccsc1)C(=O)NC(=O)COCC(=O)O. The number of urea groups is 1. The first-order valence-corrected chi connectivity index (χ1v) is 6.29. The summed E-state index contributed by atoms with van der Waals surface area (Å²) in [7, 11) is 1.55. The second kappa shape index (κ2) is 7.49. The summed E-state index contributed by atoms with van der Waals surface area (Å²) in [6.07, 6.45) is 0. The third-order valence-electron chi connectivity index (χ3n) is 2.05. The van der Waals surface area contributed by atoms with E-state index in [2.05, 4.69) is 10.1 Å². The van der Waals surface area contributed by atoms with Crippen molar-refractivity contribution >= 4 is 29.2 Å². The van der Waals surface area contributed by atoms with E-state index in [-0.39, 0.29) is 0 Å². The summed E-state index contributed by atoms with van der Waals surface area (Å²) in [6.45, 7) is -0.657. The summed E-state index contributed by atoms with van der Waals surface area (Å²) in [4.78, 5) is 34.4. The molecule has 3 amide bonds. The van der Waals surface area contributed by atoms with Gasteiger partial charge in [-0.15, -0.1) is 0 Å². The first-order valence-electron chi connectivity index (χ1n) is 5.34. The minimum Gasteiger partial charge on any atom is -0.480 e. The summed E-state index contributed by atoms with van der Waals surface area (Å²) in [5, 5.41) is 14.2. The van der Waals surface area contributed by atoms with E-state index in [0.29, 0.717) is 6.54 Å². The molecule has 0 fully saturated rings. The molecule has 19 heavy (non-hydrogen) atoms. The fraction of sp³-hybridized carbons (Fsp3) is 0.364. The van der Waals surface area contributed by atoms with Gasteiger partial charge in [0.2, 0.25) is 0 Å². The largest absolute Gasteiger partial charge is 0.480 e. The Morgan fingerprint density at radius 2 is 2.16 bits per heavy atom. The first-order chi connectivity index (χ1) is 8.99. The predicted octanol–water partition coefficient (Wildman–Crippen LogP) is 0.517. The third kappa shape index (κ3) is 5.98. The number of carbonyl (C=O) groups excluding carboxylic acids is 2. The number of hydrogen-bond acceptors (Lipinski definition) is 5. The summed E-state index contributed by atoms with van der Waals surface area (Å²) in [6, 6.07) is 1.32. The highest BCUT2D eigenvalue weighted by Gasteiger charge is 2.13. The maximum Gasteiger partial charge on any atom is 0.329 e. The second-order valence-corrected chi connectivity index (χ2v) is 4.51. The fourth-order valence-electron chi connectivity index (χ4n) is 1.21. The van der Waals surface area contributed by atoms with Crippen molar-refractivity contribution in [3.8, 4) is 0 Å². The van der Waals surface area contributed by atoms with Gasteiger partial charge < -0.3 is 14.7 Å². The Morgan fingerprint density at radius 1 is 1.42 bits per heavy atom. The van der Waals surface area contributed by atoms with Crippen molar-refractivity contribution in [2.24, 2.45) is 0 Å². The zero-order valence-electron chi connectivity index (χ0n) is 10.3. The molecule has 0 bridgehead atoms. The average Bonchev–Trinajstić information content (AvgIpc) is 2.81. The molecule has 1 rings (SSSR count). The fourth-order valence-corrected chi connectivity index (χ4v) is 1.87. The van der Waals surface area contributed by atoms with E-state index in [4.69, 9.17) is 5.11 Å². The van der Waals surface area contributed by atoms with Crippen molar-refractivity contribution in [3.63, 3.8) is 0 Å². The molecule has 2 N–H and O–H groups in total. The molecule has 8 heteroatoms. The smallest absolute Gasteiger partial charge is 0.329 e. The number of hydrogen-bond donors (Lipinski definition) is 2. The Labute approximate surface area is 113 Å². The number of amides is 3. The number of carboxylic acids is 1. The first kappa shape index (κ1) is 15.1. The molecule has 0 unspecified atom stereocenters. The van der Waals surface area contributed by atoms with Gasteiger partial charge in [0.05, 0.1) is 0 Å². The number of thiophene rings is 1. The average molecular weight is 286 g/mol. The van der Waals surface area contributed by atoms with Crippen molar-refractivity contribution in [2.75, 3.05) is 20.3 Å². The maximum atomic E-state index is 11.6. The lowest BCUT2D eigenvalue weighted by molar-refractivity contribution is -0.143. The molecule has 7 nitrogen and oxygen atoms in total. The molecule has 0 radical (unpaired) electrons. The summed E-state index contributed by atoms with van der Waals surface area (Å²) >= 11 is 1.52. The van der Waals surface area contributed by atoms with Crippen LogP contribution in [0.4, 0.5) is 4.79 Å². The predicted molar refractivity (Wildman–Crippen MR) is 67.8 cm³/mol. The van der Waals surface area contributed by atoms with Gasteiger partial charge in [0.25, 0.3) is 5.91 Å². The highest BCUT2D eigenvalue weighted by atomic mass is 32.1. The number of nitrogens with zero attached hydrogens (tertiary/aromatic N) is 1. The minimum absolute atomic E-state index is 0.387. The number of nitrogens with one attached hydrogen (secondary N) is 1. The molecule has 0 saturated carbocycles. The van der Waals surface area contributed by atoms with Gasteiger partial charge in [-0.1, -0.05) is 0 Å². The van der Waals surface area contributed by atoms with Crippen LogP contribution in [-0.2, 0) is 20.9 Å². The number of carbonyl (C=O) groups is 3. The van der Waals surface area contributed by atoms with E-state index >= 15 is 0 Å². The van der Waals surface area contributed by atoms with E-state index in [9.17, 15) is 14.4 Å². The minimum atomic E-state index is -1.17. The number of aliphatic carboxylic acids is 1. The van der Waals surface area contributed by atoms with Gasteiger partial charge in [0, 0.05) is 13.6 Å². The molecule has 0 aliphatic rings. The Bertz CT molecular complexity index is 446. The van der Waals surface area contributed by atoms with Gasteiger partial charge in [0.15, 0.2) is 0 Å². The van der Waals surface area contributed by atoms with Crippen molar-refractivity contribution in [3.05, 3.63) is 22.4 Å². The Hall–Kier alpha value is -1.93. The Balaban J connectivity index is 2.29. The summed E-state index contributed by atoms with van der Waals surface area (Å²) < 4.78 is 4.56. The lowest BCUT2D eigenvalue weighted by Crippen LogP contribution is -2.42. The van der Waals surface area contributed by atoms with Crippen LogP contribution in [0.25, 0.3) is 0 Å². The highest BCUT2D eigenvalue weighted by molar-refractivity contribution is 7.07. The molecule has 0 aliphatic carbocycles. The summed E-state index contributed by atoms with van der Waals surface area (Å²) in [5.74, 6) is -1.85.